The summed E-state index contributed by atoms with van der Waals surface area (Å²) < 4.78 is 4.99. The molecule has 96 valence electrons. The van der Waals surface area contributed by atoms with Gasteiger partial charge in [-0.3, -0.25) is 4.79 Å². The van der Waals surface area contributed by atoms with Gasteiger partial charge in [-0.15, -0.1) is 0 Å². The maximum Gasteiger partial charge on any atom is 0.251 e. The minimum atomic E-state index is -0.160. The zero-order chi connectivity index (χ0) is 13.2. The van der Waals surface area contributed by atoms with E-state index in [-0.39, 0.29) is 11.1 Å². The monoisotopic (exact) mass is 247 g/mol. The average Bonchev–Trinajstić information content (AvgIpc) is 2.78. The number of rotatable bonds is 3. The quantitative estimate of drug-likeness (QED) is 0.869. The molecule has 2 heterocycles. The van der Waals surface area contributed by atoms with E-state index in [0.29, 0.717) is 18.1 Å². The Morgan fingerprint density at radius 2 is 2.22 bits per heavy atom. The smallest absolute Gasteiger partial charge is 0.251 e. The van der Waals surface area contributed by atoms with Crippen LogP contribution in [0, 0.1) is 0 Å². The molecule has 18 heavy (non-hydrogen) atoms. The van der Waals surface area contributed by atoms with Gasteiger partial charge in [0.15, 0.2) is 0 Å². The molecule has 0 saturated carbocycles. The van der Waals surface area contributed by atoms with E-state index in [4.69, 9.17) is 4.42 Å². The molecule has 0 aliphatic carbocycles. The third kappa shape index (κ3) is 3.30. The minimum absolute atomic E-state index is 0.0138. The third-order valence-corrected chi connectivity index (χ3v) is 2.39. The average molecular weight is 247 g/mol. The molecule has 0 aliphatic rings. The summed E-state index contributed by atoms with van der Waals surface area (Å²) in [5.41, 5.74) is 1.31. The first-order valence-corrected chi connectivity index (χ1v) is 5.82. The lowest BCUT2D eigenvalue weighted by atomic mass is 10.1. The number of hydrogen-bond acceptors (Lipinski definition) is 4. The highest BCUT2D eigenvalue weighted by Gasteiger charge is 2.10. The largest absolute Gasteiger partial charge is 0.472 e. The zero-order valence-electron chi connectivity index (χ0n) is 10.8. The highest BCUT2D eigenvalue weighted by atomic mass is 16.3. The third-order valence-electron chi connectivity index (χ3n) is 2.39. The van der Waals surface area contributed by atoms with E-state index in [2.05, 4.69) is 36.1 Å². The highest BCUT2D eigenvalue weighted by Crippen LogP contribution is 2.13. The van der Waals surface area contributed by atoms with Gasteiger partial charge in [0.1, 0.15) is 12.1 Å². The van der Waals surface area contributed by atoms with E-state index in [0.717, 1.165) is 5.56 Å². The predicted octanol–water partition coefficient (Wildman–Crippen LogP) is 1.92. The molecular formula is C13H17N3O2. The van der Waals surface area contributed by atoms with Gasteiger partial charge < -0.3 is 14.7 Å². The number of nitrogens with one attached hydrogen (secondary N) is 2. The molecule has 5 nitrogen and oxygen atoms in total. The Morgan fingerprint density at radius 3 is 2.83 bits per heavy atom. The van der Waals surface area contributed by atoms with Crippen molar-refractivity contribution in [3.05, 3.63) is 40.7 Å². The second kappa shape index (κ2) is 4.78. The van der Waals surface area contributed by atoms with Crippen molar-refractivity contribution in [3.8, 4) is 11.4 Å². The molecule has 2 N–H and O–H groups in total. The number of aromatic amines is 1. The Balaban J connectivity index is 2.25. The second-order valence-electron chi connectivity index (χ2n) is 5.20. The van der Waals surface area contributed by atoms with Gasteiger partial charge in [-0.1, -0.05) is 0 Å². The predicted molar refractivity (Wildman–Crippen MR) is 69.2 cm³/mol. The van der Waals surface area contributed by atoms with Gasteiger partial charge in [-0.25, -0.2) is 4.98 Å². The summed E-state index contributed by atoms with van der Waals surface area (Å²) in [6, 6.07) is 3.27. The molecule has 0 amide bonds. The first-order chi connectivity index (χ1) is 8.44. The van der Waals surface area contributed by atoms with Crippen molar-refractivity contribution in [1.29, 1.82) is 0 Å². The molecule has 2 aromatic rings. The lowest BCUT2D eigenvalue weighted by molar-refractivity contribution is 0.421. The number of furan rings is 1. The van der Waals surface area contributed by atoms with Crippen LogP contribution in [-0.4, -0.2) is 15.5 Å². The highest BCUT2D eigenvalue weighted by molar-refractivity contribution is 5.52. The van der Waals surface area contributed by atoms with Crippen LogP contribution in [0.15, 0.2) is 33.9 Å². The summed E-state index contributed by atoms with van der Waals surface area (Å²) in [4.78, 5) is 18.7. The fraction of sp³-hybridized carbons (Fsp3) is 0.385. The molecule has 0 aromatic carbocycles. The molecule has 0 aliphatic heterocycles. The van der Waals surface area contributed by atoms with E-state index in [9.17, 15) is 4.79 Å². The molecule has 0 atom stereocenters. The molecule has 2 aromatic heterocycles. The molecule has 0 fully saturated rings. The summed E-state index contributed by atoms with van der Waals surface area (Å²) in [6.45, 7) is 6.75. The van der Waals surface area contributed by atoms with Gasteiger partial charge in [-0.2, -0.15) is 0 Å². The van der Waals surface area contributed by atoms with Gasteiger partial charge in [0.05, 0.1) is 17.5 Å². The van der Waals surface area contributed by atoms with Crippen LogP contribution in [0.5, 0.6) is 0 Å². The number of H-pyrrole nitrogens is 1. The van der Waals surface area contributed by atoms with Crippen molar-refractivity contribution in [2.45, 2.75) is 32.9 Å². The second-order valence-corrected chi connectivity index (χ2v) is 5.20. The fourth-order valence-corrected chi connectivity index (χ4v) is 1.49. The van der Waals surface area contributed by atoms with Crippen LogP contribution in [0.1, 0.15) is 26.5 Å². The summed E-state index contributed by atoms with van der Waals surface area (Å²) >= 11 is 0. The standard InChI is InChI=1S/C13H17N3O2/c1-13(2,3)14-7-10-6-11(17)16-12(15-10)9-4-5-18-8-9/h4-6,8,14H,7H2,1-3H3,(H,15,16,17). The molecule has 0 saturated heterocycles. The van der Waals surface area contributed by atoms with Crippen molar-refractivity contribution in [1.82, 2.24) is 15.3 Å². The van der Waals surface area contributed by atoms with Crippen molar-refractivity contribution < 1.29 is 4.42 Å². The van der Waals surface area contributed by atoms with Crippen LogP contribution < -0.4 is 10.9 Å². The SMILES string of the molecule is CC(C)(C)NCc1cc(=O)[nH]c(-c2ccoc2)n1. The molecule has 0 radical (unpaired) electrons. The molecular weight excluding hydrogens is 230 g/mol. The van der Waals surface area contributed by atoms with Crippen molar-refractivity contribution >= 4 is 0 Å². The molecule has 0 bridgehead atoms. The van der Waals surface area contributed by atoms with E-state index in [1.807, 2.05) is 0 Å². The Hall–Kier alpha value is -1.88. The molecule has 5 heteroatoms. The van der Waals surface area contributed by atoms with Crippen LogP contribution in [0.25, 0.3) is 11.4 Å². The maximum atomic E-state index is 11.6. The van der Waals surface area contributed by atoms with Crippen LogP contribution in [-0.2, 0) is 6.54 Å². The maximum absolute atomic E-state index is 11.6. The van der Waals surface area contributed by atoms with E-state index in [1.54, 1.807) is 18.6 Å². The van der Waals surface area contributed by atoms with Crippen LogP contribution in [0.4, 0.5) is 0 Å². The van der Waals surface area contributed by atoms with Gasteiger partial charge in [0, 0.05) is 18.2 Å². The minimum Gasteiger partial charge on any atom is -0.472 e. The number of aromatic nitrogens is 2. The van der Waals surface area contributed by atoms with Gasteiger partial charge in [-0.05, 0) is 26.8 Å². The summed E-state index contributed by atoms with van der Waals surface area (Å²) in [5, 5.41) is 3.30. The Kier molecular flexibility index (Phi) is 3.34. The van der Waals surface area contributed by atoms with Crippen LogP contribution in [0.3, 0.4) is 0 Å². The molecule has 0 spiro atoms. The summed E-state index contributed by atoms with van der Waals surface area (Å²) in [5.74, 6) is 0.530. The first-order valence-electron chi connectivity index (χ1n) is 5.82. The fourth-order valence-electron chi connectivity index (χ4n) is 1.49. The number of nitrogens with zero attached hydrogens (tertiary/aromatic N) is 1. The first kappa shape index (κ1) is 12.6. The Morgan fingerprint density at radius 1 is 1.44 bits per heavy atom. The summed E-state index contributed by atoms with van der Waals surface area (Å²) in [7, 11) is 0. The molecule has 0 unspecified atom stereocenters. The Labute approximate surface area is 105 Å². The van der Waals surface area contributed by atoms with Crippen LogP contribution >= 0.6 is 0 Å². The lowest BCUT2D eigenvalue weighted by Crippen LogP contribution is -2.35. The van der Waals surface area contributed by atoms with Crippen molar-refractivity contribution in [3.63, 3.8) is 0 Å². The normalized spacial score (nSPS) is 11.7. The van der Waals surface area contributed by atoms with Crippen molar-refractivity contribution in [2.24, 2.45) is 0 Å². The topological polar surface area (TPSA) is 70.9 Å². The van der Waals surface area contributed by atoms with Crippen molar-refractivity contribution in [2.75, 3.05) is 0 Å². The van der Waals surface area contributed by atoms with E-state index in [1.165, 1.54) is 6.07 Å². The van der Waals surface area contributed by atoms with Crippen LogP contribution in [0.2, 0.25) is 0 Å². The van der Waals surface area contributed by atoms with E-state index < -0.39 is 0 Å². The zero-order valence-corrected chi connectivity index (χ0v) is 10.8. The lowest BCUT2D eigenvalue weighted by Gasteiger charge is -2.20. The van der Waals surface area contributed by atoms with E-state index >= 15 is 0 Å². The molecule has 2 rings (SSSR count). The summed E-state index contributed by atoms with van der Waals surface area (Å²) in [6.07, 6.45) is 3.11. The van der Waals surface area contributed by atoms with Gasteiger partial charge >= 0.3 is 0 Å². The van der Waals surface area contributed by atoms with Gasteiger partial charge in [0.2, 0.25) is 0 Å². The Bertz CT molecular complexity index is 565. The van der Waals surface area contributed by atoms with Gasteiger partial charge in [0.25, 0.3) is 5.56 Å². The number of hydrogen-bond donors (Lipinski definition) is 2.